The van der Waals surface area contributed by atoms with Crippen molar-refractivity contribution in [1.82, 2.24) is 5.32 Å². The predicted octanol–water partition coefficient (Wildman–Crippen LogP) is 1.29. The molecule has 1 aromatic carbocycles. The molecule has 1 rings (SSSR count). The second-order valence-electron chi connectivity index (χ2n) is 3.38. The maximum Gasteiger partial charge on any atom is 0.328 e. The zero-order valence-electron chi connectivity index (χ0n) is 9.36. The summed E-state index contributed by atoms with van der Waals surface area (Å²) >= 11 is 2.03. The van der Waals surface area contributed by atoms with Gasteiger partial charge in [-0.25, -0.2) is 4.79 Å². The molecule has 0 aromatic heterocycles. The van der Waals surface area contributed by atoms with Crippen LogP contribution in [0.3, 0.4) is 0 Å². The third-order valence-corrected chi connectivity index (χ3v) is 2.78. The molecule has 0 spiro atoms. The molecule has 0 radical (unpaired) electrons. The fourth-order valence-electron chi connectivity index (χ4n) is 1.20. The van der Waals surface area contributed by atoms with Gasteiger partial charge in [-0.1, -0.05) is 0 Å². The molecule has 0 aliphatic carbocycles. The molecule has 1 unspecified atom stereocenters. The number of halogens is 1. The van der Waals surface area contributed by atoms with Crippen molar-refractivity contribution >= 4 is 34.5 Å². The van der Waals surface area contributed by atoms with Crippen molar-refractivity contribution < 1.29 is 19.4 Å². The highest BCUT2D eigenvalue weighted by Gasteiger charge is 2.18. The molecular formula is C11H12INO4. The van der Waals surface area contributed by atoms with Gasteiger partial charge in [-0.2, -0.15) is 0 Å². The van der Waals surface area contributed by atoms with Gasteiger partial charge in [0.2, 0.25) is 0 Å². The standard InChI is InChI=1S/C11H12INO4/c1-6(11(16)17-2)13-10(15)8-5-7(12)3-4-9(8)14/h3-6,14H,1-2H3,(H,13,15). The lowest BCUT2D eigenvalue weighted by Gasteiger charge is -2.12. The van der Waals surface area contributed by atoms with Crippen LogP contribution in [0.15, 0.2) is 18.2 Å². The minimum absolute atomic E-state index is 0.125. The van der Waals surface area contributed by atoms with Gasteiger partial charge in [0, 0.05) is 3.57 Å². The van der Waals surface area contributed by atoms with E-state index in [1.165, 1.54) is 26.2 Å². The minimum Gasteiger partial charge on any atom is -0.507 e. The van der Waals surface area contributed by atoms with Crippen molar-refractivity contribution in [3.63, 3.8) is 0 Å². The summed E-state index contributed by atoms with van der Waals surface area (Å²) in [6, 6.07) is 3.88. The molecule has 0 aliphatic rings. The number of aromatic hydroxyl groups is 1. The van der Waals surface area contributed by atoms with Gasteiger partial charge in [0.1, 0.15) is 11.8 Å². The van der Waals surface area contributed by atoms with Gasteiger partial charge in [-0.05, 0) is 47.7 Å². The lowest BCUT2D eigenvalue weighted by Crippen LogP contribution is -2.39. The smallest absolute Gasteiger partial charge is 0.328 e. The van der Waals surface area contributed by atoms with Crippen LogP contribution in [-0.4, -0.2) is 30.1 Å². The van der Waals surface area contributed by atoms with Gasteiger partial charge in [0.25, 0.3) is 5.91 Å². The number of methoxy groups -OCH3 is 1. The number of carbonyl (C=O) groups excluding carboxylic acids is 2. The first kappa shape index (κ1) is 13.8. The third-order valence-electron chi connectivity index (χ3n) is 2.11. The van der Waals surface area contributed by atoms with E-state index >= 15 is 0 Å². The molecule has 1 amide bonds. The monoisotopic (exact) mass is 349 g/mol. The van der Waals surface area contributed by atoms with Crippen molar-refractivity contribution in [2.45, 2.75) is 13.0 Å². The molecule has 2 N–H and O–H groups in total. The first-order valence-electron chi connectivity index (χ1n) is 4.83. The quantitative estimate of drug-likeness (QED) is 0.637. The first-order chi connectivity index (χ1) is 7.95. The Labute approximate surface area is 112 Å². The first-order valence-corrected chi connectivity index (χ1v) is 5.90. The van der Waals surface area contributed by atoms with Crippen LogP contribution in [0.4, 0.5) is 0 Å². The summed E-state index contributed by atoms with van der Waals surface area (Å²) in [4.78, 5) is 22.9. The molecule has 5 nitrogen and oxygen atoms in total. The zero-order valence-corrected chi connectivity index (χ0v) is 11.5. The maximum absolute atomic E-state index is 11.8. The van der Waals surface area contributed by atoms with Crippen LogP contribution in [0.1, 0.15) is 17.3 Å². The molecular weight excluding hydrogens is 337 g/mol. The van der Waals surface area contributed by atoms with E-state index in [-0.39, 0.29) is 11.3 Å². The van der Waals surface area contributed by atoms with E-state index in [0.717, 1.165) is 3.57 Å². The number of phenolic OH excluding ortho intramolecular Hbond substituents is 1. The second kappa shape index (κ2) is 5.85. The molecule has 92 valence electrons. The number of carbonyl (C=O) groups is 2. The van der Waals surface area contributed by atoms with E-state index in [0.29, 0.717) is 0 Å². The lowest BCUT2D eigenvalue weighted by molar-refractivity contribution is -0.142. The highest BCUT2D eigenvalue weighted by Crippen LogP contribution is 2.19. The fraction of sp³-hybridized carbons (Fsp3) is 0.273. The molecule has 0 saturated heterocycles. The highest BCUT2D eigenvalue weighted by molar-refractivity contribution is 14.1. The Morgan fingerprint density at radius 1 is 1.47 bits per heavy atom. The molecule has 0 heterocycles. The van der Waals surface area contributed by atoms with E-state index in [1.807, 2.05) is 22.6 Å². The summed E-state index contributed by atoms with van der Waals surface area (Å²) in [5.41, 5.74) is 0.132. The van der Waals surface area contributed by atoms with E-state index in [4.69, 9.17) is 0 Å². The van der Waals surface area contributed by atoms with Crippen molar-refractivity contribution in [1.29, 1.82) is 0 Å². The molecule has 0 bridgehead atoms. The zero-order chi connectivity index (χ0) is 13.0. The van der Waals surface area contributed by atoms with Gasteiger partial charge in [-0.15, -0.1) is 0 Å². The van der Waals surface area contributed by atoms with E-state index < -0.39 is 17.9 Å². The van der Waals surface area contributed by atoms with E-state index in [9.17, 15) is 14.7 Å². The molecule has 1 atom stereocenters. The van der Waals surface area contributed by atoms with Gasteiger partial charge >= 0.3 is 5.97 Å². The summed E-state index contributed by atoms with van der Waals surface area (Å²) in [6.07, 6.45) is 0. The second-order valence-corrected chi connectivity index (χ2v) is 4.63. The Balaban J connectivity index is 2.83. The molecule has 6 heteroatoms. The number of rotatable bonds is 3. The molecule has 17 heavy (non-hydrogen) atoms. The van der Waals surface area contributed by atoms with E-state index in [2.05, 4.69) is 10.1 Å². The van der Waals surface area contributed by atoms with Crippen LogP contribution >= 0.6 is 22.6 Å². The van der Waals surface area contributed by atoms with Crippen LogP contribution < -0.4 is 5.32 Å². The number of nitrogens with one attached hydrogen (secondary N) is 1. The fourth-order valence-corrected chi connectivity index (χ4v) is 1.69. The number of hydrogen-bond donors (Lipinski definition) is 2. The maximum atomic E-state index is 11.8. The number of ether oxygens (including phenoxy) is 1. The average molecular weight is 349 g/mol. The topological polar surface area (TPSA) is 75.6 Å². The van der Waals surface area contributed by atoms with Crippen molar-refractivity contribution in [2.24, 2.45) is 0 Å². The summed E-state index contributed by atoms with van der Waals surface area (Å²) in [5.74, 6) is -1.18. The van der Waals surface area contributed by atoms with Crippen LogP contribution in [-0.2, 0) is 9.53 Å². The Bertz CT molecular complexity index is 447. The van der Waals surface area contributed by atoms with E-state index in [1.54, 1.807) is 6.07 Å². The Morgan fingerprint density at radius 2 is 2.12 bits per heavy atom. The normalized spacial score (nSPS) is 11.7. The third kappa shape index (κ3) is 3.58. The Morgan fingerprint density at radius 3 is 2.71 bits per heavy atom. The van der Waals surface area contributed by atoms with Crippen molar-refractivity contribution in [2.75, 3.05) is 7.11 Å². The number of hydrogen-bond acceptors (Lipinski definition) is 4. The number of amides is 1. The summed E-state index contributed by atoms with van der Waals surface area (Å²) in [5, 5.41) is 12.0. The number of benzene rings is 1. The molecule has 1 aromatic rings. The minimum atomic E-state index is -0.759. The van der Waals surface area contributed by atoms with Crippen LogP contribution in [0.2, 0.25) is 0 Å². The average Bonchev–Trinajstić information content (AvgIpc) is 2.30. The largest absolute Gasteiger partial charge is 0.507 e. The van der Waals surface area contributed by atoms with Gasteiger partial charge in [-0.3, -0.25) is 4.79 Å². The highest BCUT2D eigenvalue weighted by atomic mass is 127. The molecule has 0 saturated carbocycles. The van der Waals surface area contributed by atoms with Crippen LogP contribution in [0.25, 0.3) is 0 Å². The number of esters is 1. The summed E-state index contributed by atoms with van der Waals surface area (Å²) in [6.45, 7) is 1.51. The molecule has 0 aliphatic heterocycles. The summed E-state index contributed by atoms with van der Waals surface area (Å²) in [7, 11) is 1.24. The van der Waals surface area contributed by atoms with Gasteiger partial charge in [0.15, 0.2) is 0 Å². The van der Waals surface area contributed by atoms with Gasteiger partial charge < -0.3 is 15.2 Å². The van der Waals surface area contributed by atoms with Crippen molar-refractivity contribution in [3.05, 3.63) is 27.3 Å². The molecule has 0 fully saturated rings. The lowest BCUT2D eigenvalue weighted by atomic mass is 10.2. The SMILES string of the molecule is COC(=O)C(C)NC(=O)c1cc(I)ccc1O. The van der Waals surface area contributed by atoms with Crippen LogP contribution in [0.5, 0.6) is 5.75 Å². The number of phenols is 1. The van der Waals surface area contributed by atoms with Gasteiger partial charge in [0.05, 0.1) is 12.7 Å². The summed E-state index contributed by atoms with van der Waals surface area (Å²) < 4.78 is 5.30. The van der Waals surface area contributed by atoms with Crippen LogP contribution in [0, 0.1) is 3.57 Å². The predicted molar refractivity (Wildman–Crippen MR) is 69.8 cm³/mol. The Kier molecular flexibility index (Phi) is 4.73. The Hall–Kier alpha value is -1.31. The van der Waals surface area contributed by atoms with Crippen molar-refractivity contribution in [3.8, 4) is 5.75 Å².